The highest BCUT2D eigenvalue weighted by molar-refractivity contribution is 7.98. The van der Waals surface area contributed by atoms with E-state index in [0.717, 1.165) is 41.8 Å². The molecule has 2 heterocycles. The predicted molar refractivity (Wildman–Crippen MR) is 65.0 cm³/mol. The Balaban J connectivity index is 2.38. The van der Waals surface area contributed by atoms with Crippen LogP contribution in [0.4, 0.5) is 11.8 Å². The van der Waals surface area contributed by atoms with E-state index in [-0.39, 0.29) is 0 Å². The van der Waals surface area contributed by atoms with Gasteiger partial charge in [0.15, 0.2) is 0 Å². The molecule has 4 nitrogen and oxygen atoms in total. The molecule has 0 saturated heterocycles. The summed E-state index contributed by atoms with van der Waals surface area (Å²) >= 11 is 1.85. The first kappa shape index (κ1) is 10.5. The van der Waals surface area contributed by atoms with E-state index in [2.05, 4.69) is 28.7 Å². The maximum atomic E-state index is 5.93. The van der Waals surface area contributed by atoms with Crippen molar-refractivity contribution in [2.75, 3.05) is 23.7 Å². The SMILES string of the molecule is CCN(CC)c1nc(N)c2c(n1)CSC2. The lowest BCUT2D eigenvalue weighted by Crippen LogP contribution is -2.25. The number of nitrogens with two attached hydrogens (primary N) is 1. The first-order valence-corrected chi connectivity index (χ1v) is 6.39. The van der Waals surface area contributed by atoms with Gasteiger partial charge in [0.2, 0.25) is 5.95 Å². The van der Waals surface area contributed by atoms with Crippen LogP contribution in [0.25, 0.3) is 0 Å². The first-order valence-electron chi connectivity index (χ1n) is 5.24. The van der Waals surface area contributed by atoms with Crippen molar-refractivity contribution in [1.82, 2.24) is 9.97 Å². The predicted octanol–water partition coefficient (Wildman–Crippen LogP) is 1.65. The van der Waals surface area contributed by atoms with Gasteiger partial charge in [0, 0.05) is 30.2 Å². The molecule has 0 unspecified atom stereocenters. The molecule has 1 aliphatic rings. The molecule has 0 fully saturated rings. The van der Waals surface area contributed by atoms with Crippen LogP contribution in [-0.4, -0.2) is 23.1 Å². The fourth-order valence-electron chi connectivity index (χ4n) is 1.71. The summed E-state index contributed by atoms with van der Waals surface area (Å²) in [5.41, 5.74) is 8.18. The van der Waals surface area contributed by atoms with E-state index in [9.17, 15) is 0 Å². The minimum Gasteiger partial charge on any atom is -0.383 e. The summed E-state index contributed by atoms with van der Waals surface area (Å²) in [5, 5.41) is 0. The van der Waals surface area contributed by atoms with Crippen molar-refractivity contribution in [2.24, 2.45) is 0 Å². The molecule has 5 heteroatoms. The molecule has 0 aromatic carbocycles. The second kappa shape index (κ2) is 4.26. The van der Waals surface area contributed by atoms with Gasteiger partial charge in [0.1, 0.15) is 5.82 Å². The van der Waals surface area contributed by atoms with Crippen LogP contribution in [0.3, 0.4) is 0 Å². The van der Waals surface area contributed by atoms with Crippen molar-refractivity contribution in [1.29, 1.82) is 0 Å². The summed E-state index contributed by atoms with van der Waals surface area (Å²) in [4.78, 5) is 11.1. The van der Waals surface area contributed by atoms with Crippen LogP contribution in [-0.2, 0) is 11.5 Å². The lowest BCUT2D eigenvalue weighted by atomic mass is 10.2. The number of hydrogen-bond acceptors (Lipinski definition) is 5. The Bertz CT molecular complexity index is 363. The third-order valence-corrected chi connectivity index (χ3v) is 3.61. The monoisotopic (exact) mass is 224 g/mol. The minimum absolute atomic E-state index is 0.659. The van der Waals surface area contributed by atoms with Crippen LogP contribution in [0.15, 0.2) is 0 Å². The molecule has 82 valence electrons. The third-order valence-electron chi connectivity index (χ3n) is 2.64. The summed E-state index contributed by atoms with van der Waals surface area (Å²) in [6.07, 6.45) is 0. The zero-order valence-electron chi connectivity index (χ0n) is 9.16. The van der Waals surface area contributed by atoms with Gasteiger partial charge >= 0.3 is 0 Å². The van der Waals surface area contributed by atoms with Gasteiger partial charge in [0.05, 0.1) is 5.69 Å². The number of aromatic nitrogens is 2. The van der Waals surface area contributed by atoms with Gasteiger partial charge in [-0.15, -0.1) is 0 Å². The van der Waals surface area contributed by atoms with Crippen molar-refractivity contribution >= 4 is 23.5 Å². The van der Waals surface area contributed by atoms with Crippen LogP contribution in [0.1, 0.15) is 25.1 Å². The maximum absolute atomic E-state index is 5.93. The van der Waals surface area contributed by atoms with Gasteiger partial charge in [-0.2, -0.15) is 16.7 Å². The van der Waals surface area contributed by atoms with E-state index in [1.54, 1.807) is 0 Å². The van der Waals surface area contributed by atoms with Crippen molar-refractivity contribution in [2.45, 2.75) is 25.4 Å². The van der Waals surface area contributed by atoms with Crippen molar-refractivity contribution in [3.05, 3.63) is 11.3 Å². The molecule has 1 aromatic rings. The quantitative estimate of drug-likeness (QED) is 0.846. The molecule has 0 amide bonds. The molecule has 2 N–H and O–H groups in total. The zero-order valence-corrected chi connectivity index (χ0v) is 9.97. The Morgan fingerprint density at radius 3 is 2.67 bits per heavy atom. The van der Waals surface area contributed by atoms with Gasteiger partial charge in [-0.1, -0.05) is 0 Å². The number of thioether (sulfide) groups is 1. The molecule has 1 aliphatic heterocycles. The van der Waals surface area contributed by atoms with Crippen LogP contribution in [0, 0.1) is 0 Å². The molecule has 15 heavy (non-hydrogen) atoms. The number of rotatable bonds is 3. The third kappa shape index (κ3) is 1.88. The fraction of sp³-hybridized carbons (Fsp3) is 0.600. The van der Waals surface area contributed by atoms with Crippen molar-refractivity contribution < 1.29 is 0 Å². The highest BCUT2D eigenvalue weighted by Crippen LogP contribution is 2.32. The molecule has 0 atom stereocenters. The Morgan fingerprint density at radius 1 is 1.27 bits per heavy atom. The molecule has 0 bridgehead atoms. The normalized spacial score (nSPS) is 14.0. The Hall–Kier alpha value is -0.970. The fourth-order valence-corrected chi connectivity index (χ4v) is 2.76. The van der Waals surface area contributed by atoms with Gasteiger partial charge in [-0.25, -0.2) is 4.98 Å². The second-order valence-electron chi connectivity index (χ2n) is 3.50. The number of nitrogens with zero attached hydrogens (tertiary/aromatic N) is 3. The van der Waals surface area contributed by atoms with E-state index < -0.39 is 0 Å². The topological polar surface area (TPSA) is 55.0 Å². The number of fused-ring (bicyclic) bond motifs is 1. The van der Waals surface area contributed by atoms with Gasteiger partial charge in [0.25, 0.3) is 0 Å². The first-order chi connectivity index (χ1) is 7.26. The molecule has 0 aliphatic carbocycles. The van der Waals surface area contributed by atoms with Crippen LogP contribution in [0.5, 0.6) is 0 Å². The Labute approximate surface area is 94.3 Å². The smallest absolute Gasteiger partial charge is 0.227 e. The number of nitrogen functional groups attached to an aromatic ring is 1. The summed E-state index contributed by atoms with van der Waals surface area (Å²) in [7, 11) is 0. The molecule has 0 spiro atoms. The van der Waals surface area contributed by atoms with Crippen LogP contribution >= 0.6 is 11.8 Å². The summed E-state index contributed by atoms with van der Waals surface area (Å²) in [6.45, 7) is 6.04. The lowest BCUT2D eigenvalue weighted by molar-refractivity contribution is 0.815. The molecule has 2 rings (SSSR count). The lowest BCUT2D eigenvalue weighted by Gasteiger charge is -2.19. The number of hydrogen-bond donors (Lipinski definition) is 1. The standard InChI is InChI=1S/C10H16N4S/c1-3-14(4-2)10-12-8-6-15-5-7(8)9(11)13-10/h3-6H2,1-2H3,(H2,11,12,13). The van der Waals surface area contributed by atoms with E-state index in [4.69, 9.17) is 5.73 Å². The van der Waals surface area contributed by atoms with Crippen LogP contribution in [0.2, 0.25) is 0 Å². The van der Waals surface area contributed by atoms with Crippen LogP contribution < -0.4 is 10.6 Å². The molecular weight excluding hydrogens is 208 g/mol. The van der Waals surface area contributed by atoms with Crippen molar-refractivity contribution in [3.8, 4) is 0 Å². The van der Waals surface area contributed by atoms with Gasteiger partial charge in [-0.05, 0) is 13.8 Å². The zero-order chi connectivity index (χ0) is 10.8. The summed E-state index contributed by atoms with van der Waals surface area (Å²) in [6, 6.07) is 0. The summed E-state index contributed by atoms with van der Waals surface area (Å²) in [5.74, 6) is 3.36. The molecule has 0 saturated carbocycles. The maximum Gasteiger partial charge on any atom is 0.227 e. The highest BCUT2D eigenvalue weighted by atomic mass is 32.2. The minimum atomic E-state index is 0.659. The Kier molecular flexibility index (Phi) is 3.00. The number of anilines is 2. The summed E-state index contributed by atoms with van der Waals surface area (Å²) < 4.78 is 0. The van der Waals surface area contributed by atoms with E-state index in [1.807, 2.05) is 11.8 Å². The van der Waals surface area contributed by atoms with E-state index in [0.29, 0.717) is 5.82 Å². The molecular formula is C10H16N4S. The van der Waals surface area contributed by atoms with Crippen molar-refractivity contribution in [3.63, 3.8) is 0 Å². The average Bonchev–Trinajstić information content (AvgIpc) is 2.68. The largest absolute Gasteiger partial charge is 0.383 e. The van der Waals surface area contributed by atoms with Gasteiger partial charge < -0.3 is 10.6 Å². The van der Waals surface area contributed by atoms with Gasteiger partial charge in [-0.3, -0.25) is 0 Å². The average molecular weight is 224 g/mol. The molecule has 1 aromatic heterocycles. The Morgan fingerprint density at radius 2 is 2.00 bits per heavy atom. The van der Waals surface area contributed by atoms with E-state index >= 15 is 0 Å². The second-order valence-corrected chi connectivity index (χ2v) is 4.48. The van der Waals surface area contributed by atoms with E-state index in [1.165, 1.54) is 0 Å². The molecule has 0 radical (unpaired) electrons. The highest BCUT2D eigenvalue weighted by Gasteiger charge is 2.19.